The Bertz CT molecular complexity index is 752. The zero-order valence-corrected chi connectivity index (χ0v) is 12.6. The van der Waals surface area contributed by atoms with Crippen LogP contribution in [0.15, 0.2) is 48.5 Å². The summed E-state index contributed by atoms with van der Waals surface area (Å²) in [6, 6.07) is 11.5. The summed E-state index contributed by atoms with van der Waals surface area (Å²) in [7, 11) is 1.54. The molecule has 6 heteroatoms. The zero-order valence-electron chi connectivity index (χ0n) is 12.6. The Morgan fingerprint density at radius 2 is 1.83 bits per heavy atom. The molecule has 2 rings (SSSR count). The van der Waals surface area contributed by atoms with E-state index in [1.54, 1.807) is 48.5 Å². The topological polar surface area (TPSA) is 107 Å². The fraction of sp³-hybridized carbons (Fsp3) is 0.0588. The molecule has 0 spiro atoms. The van der Waals surface area contributed by atoms with Crippen molar-refractivity contribution in [3.8, 4) is 5.75 Å². The number of nitrogens with one attached hydrogen (secondary N) is 1. The lowest BCUT2D eigenvalue weighted by molar-refractivity contribution is -0.111. The van der Waals surface area contributed by atoms with E-state index in [2.05, 4.69) is 5.32 Å². The smallest absolute Gasteiger partial charge is 0.248 e. The monoisotopic (exact) mass is 311 g/mol. The minimum Gasteiger partial charge on any atom is -0.495 e. The fourth-order valence-electron chi connectivity index (χ4n) is 1.93. The van der Waals surface area contributed by atoms with Crippen LogP contribution in [-0.4, -0.2) is 18.9 Å². The van der Waals surface area contributed by atoms with Gasteiger partial charge in [-0.1, -0.05) is 6.07 Å². The van der Waals surface area contributed by atoms with Crippen LogP contribution in [0, 0.1) is 0 Å². The van der Waals surface area contributed by atoms with Crippen LogP contribution in [0.5, 0.6) is 5.75 Å². The second-order valence-corrected chi connectivity index (χ2v) is 4.77. The van der Waals surface area contributed by atoms with Crippen LogP contribution in [-0.2, 0) is 4.79 Å². The van der Waals surface area contributed by atoms with Crippen molar-refractivity contribution in [2.45, 2.75) is 0 Å². The zero-order chi connectivity index (χ0) is 16.8. The van der Waals surface area contributed by atoms with E-state index in [4.69, 9.17) is 16.2 Å². The van der Waals surface area contributed by atoms with Gasteiger partial charge in [-0.15, -0.1) is 0 Å². The van der Waals surface area contributed by atoms with Crippen molar-refractivity contribution in [1.82, 2.24) is 0 Å². The predicted octanol–water partition coefficient (Wildman–Crippen LogP) is 2.03. The SMILES string of the molecule is COc1ccc(/C=C\C(=O)Nc2ccc(C(N)=O)cc2)cc1N. The van der Waals surface area contributed by atoms with E-state index in [0.29, 0.717) is 22.7 Å². The molecule has 0 atom stereocenters. The Morgan fingerprint density at radius 3 is 2.39 bits per heavy atom. The van der Waals surface area contributed by atoms with Crippen LogP contribution in [0.25, 0.3) is 6.08 Å². The maximum absolute atomic E-state index is 11.9. The van der Waals surface area contributed by atoms with Crippen LogP contribution in [0.1, 0.15) is 15.9 Å². The molecule has 0 bridgehead atoms. The first-order valence-electron chi connectivity index (χ1n) is 6.82. The summed E-state index contributed by atoms with van der Waals surface area (Å²) in [5.74, 6) is -0.229. The third-order valence-electron chi connectivity index (χ3n) is 3.12. The summed E-state index contributed by atoms with van der Waals surface area (Å²) >= 11 is 0. The second kappa shape index (κ2) is 7.13. The molecule has 0 fully saturated rings. The van der Waals surface area contributed by atoms with Gasteiger partial charge in [-0.05, 0) is 48.0 Å². The van der Waals surface area contributed by atoms with Gasteiger partial charge in [0, 0.05) is 17.3 Å². The number of nitrogen functional groups attached to an aromatic ring is 1. The third kappa shape index (κ3) is 4.34. The Morgan fingerprint density at radius 1 is 1.13 bits per heavy atom. The lowest BCUT2D eigenvalue weighted by Crippen LogP contribution is -2.11. The normalized spacial score (nSPS) is 10.5. The molecule has 0 unspecified atom stereocenters. The van der Waals surface area contributed by atoms with Crippen molar-refractivity contribution in [3.05, 3.63) is 59.7 Å². The van der Waals surface area contributed by atoms with E-state index in [1.807, 2.05) is 0 Å². The molecule has 0 heterocycles. The van der Waals surface area contributed by atoms with Crippen LogP contribution in [0.4, 0.5) is 11.4 Å². The third-order valence-corrected chi connectivity index (χ3v) is 3.12. The van der Waals surface area contributed by atoms with Gasteiger partial charge in [-0.3, -0.25) is 9.59 Å². The number of primary amides is 1. The minimum absolute atomic E-state index is 0.300. The van der Waals surface area contributed by atoms with Crippen LogP contribution in [0.2, 0.25) is 0 Å². The number of amides is 2. The maximum Gasteiger partial charge on any atom is 0.248 e. The van der Waals surface area contributed by atoms with Gasteiger partial charge in [0.2, 0.25) is 11.8 Å². The number of anilines is 2. The van der Waals surface area contributed by atoms with E-state index in [0.717, 1.165) is 5.56 Å². The molecule has 2 aromatic carbocycles. The molecule has 5 N–H and O–H groups in total. The molecule has 6 nitrogen and oxygen atoms in total. The average Bonchev–Trinajstić information content (AvgIpc) is 2.53. The van der Waals surface area contributed by atoms with E-state index in [1.165, 1.54) is 13.2 Å². The molecule has 0 saturated heterocycles. The van der Waals surface area contributed by atoms with Crippen LogP contribution in [0.3, 0.4) is 0 Å². The van der Waals surface area contributed by atoms with Gasteiger partial charge < -0.3 is 21.5 Å². The van der Waals surface area contributed by atoms with Crippen molar-refractivity contribution in [3.63, 3.8) is 0 Å². The molecule has 2 amide bonds. The summed E-state index contributed by atoms with van der Waals surface area (Å²) in [5, 5.41) is 2.68. The summed E-state index contributed by atoms with van der Waals surface area (Å²) in [4.78, 5) is 22.8. The van der Waals surface area contributed by atoms with Crippen molar-refractivity contribution in [2.75, 3.05) is 18.2 Å². The molecule has 23 heavy (non-hydrogen) atoms. The van der Waals surface area contributed by atoms with Crippen molar-refractivity contribution in [1.29, 1.82) is 0 Å². The quantitative estimate of drug-likeness (QED) is 0.580. The van der Waals surface area contributed by atoms with Crippen LogP contribution >= 0.6 is 0 Å². The first-order valence-corrected chi connectivity index (χ1v) is 6.82. The molecule has 0 saturated carbocycles. The Hall–Kier alpha value is -3.28. The number of benzene rings is 2. The molecular weight excluding hydrogens is 294 g/mol. The molecule has 0 aliphatic heterocycles. The van der Waals surface area contributed by atoms with Gasteiger partial charge in [-0.25, -0.2) is 0 Å². The molecular formula is C17H17N3O3. The van der Waals surface area contributed by atoms with Gasteiger partial charge in [0.1, 0.15) is 5.75 Å². The number of nitrogens with two attached hydrogens (primary N) is 2. The first kappa shape index (κ1) is 16.1. The standard InChI is InChI=1S/C17H17N3O3/c1-23-15-8-2-11(10-14(15)18)3-9-16(21)20-13-6-4-12(5-7-13)17(19)22/h2-10H,18H2,1H3,(H2,19,22)(H,20,21)/b9-3-. The highest BCUT2D eigenvalue weighted by Gasteiger charge is 2.02. The molecule has 0 aromatic heterocycles. The molecule has 0 radical (unpaired) electrons. The van der Waals surface area contributed by atoms with Gasteiger partial charge in [0.05, 0.1) is 12.8 Å². The summed E-state index contributed by atoms with van der Waals surface area (Å²) < 4.78 is 5.07. The highest BCUT2D eigenvalue weighted by Crippen LogP contribution is 2.22. The van der Waals surface area contributed by atoms with Crippen molar-refractivity contribution >= 4 is 29.3 Å². The maximum atomic E-state index is 11.9. The van der Waals surface area contributed by atoms with E-state index < -0.39 is 5.91 Å². The molecule has 2 aromatic rings. The molecule has 118 valence electrons. The number of rotatable bonds is 5. The summed E-state index contributed by atoms with van der Waals surface area (Å²) in [6.07, 6.45) is 3.03. The highest BCUT2D eigenvalue weighted by atomic mass is 16.5. The lowest BCUT2D eigenvalue weighted by Gasteiger charge is -2.05. The average molecular weight is 311 g/mol. The number of carbonyl (C=O) groups excluding carboxylic acids is 2. The number of ether oxygens (including phenoxy) is 1. The van der Waals surface area contributed by atoms with E-state index in [9.17, 15) is 9.59 Å². The summed E-state index contributed by atoms with van der Waals surface area (Å²) in [5.41, 5.74) is 13.2. The predicted molar refractivity (Wildman–Crippen MR) is 90.0 cm³/mol. The minimum atomic E-state index is -0.514. The largest absolute Gasteiger partial charge is 0.495 e. The van der Waals surface area contributed by atoms with Gasteiger partial charge in [0.25, 0.3) is 0 Å². The number of hydrogen-bond acceptors (Lipinski definition) is 4. The van der Waals surface area contributed by atoms with Crippen LogP contribution < -0.4 is 21.5 Å². The van der Waals surface area contributed by atoms with Crippen molar-refractivity contribution < 1.29 is 14.3 Å². The second-order valence-electron chi connectivity index (χ2n) is 4.77. The molecule has 0 aliphatic rings. The van der Waals surface area contributed by atoms with Gasteiger partial charge in [-0.2, -0.15) is 0 Å². The van der Waals surface area contributed by atoms with Gasteiger partial charge >= 0.3 is 0 Å². The Balaban J connectivity index is 2.01. The lowest BCUT2D eigenvalue weighted by atomic mass is 10.1. The Labute approximate surface area is 133 Å². The summed E-state index contributed by atoms with van der Waals surface area (Å²) in [6.45, 7) is 0. The number of methoxy groups -OCH3 is 1. The number of hydrogen-bond donors (Lipinski definition) is 3. The van der Waals surface area contributed by atoms with Gasteiger partial charge in [0.15, 0.2) is 0 Å². The van der Waals surface area contributed by atoms with Crippen molar-refractivity contribution in [2.24, 2.45) is 5.73 Å². The highest BCUT2D eigenvalue weighted by molar-refractivity contribution is 6.02. The first-order chi connectivity index (χ1) is 11.0. The fourth-order valence-corrected chi connectivity index (χ4v) is 1.93. The molecule has 0 aliphatic carbocycles. The van der Waals surface area contributed by atoms with E-state index >= 15 is 0 Å². The number of carbonyl (C=O) groups is 2. The Kier molecular flexibility index (Phi) is 4.99. The van der Waals surface area contributed by atoms with E-state index in [-0.39, 0.29) is 5.91 Å².